The van der Waals surface area contributed by atoms with Crippen molar-refractivity contribution in [1.82, 2.24) is 4.57 Å². The molecular formula is C20H21ClN2O3. The molecule has 0 bridgehead atoms. The van der Waals surface area contributed by atoms with Crippen molar-refractivity contribution < 1.29 is 9.53 Å². The number of unbranched alkanes of at least 4 members (excludes halogenated alkanes) is 1. The van der Waals surface area contributed by atoms with Crippen molar-refractivity contribution >= 4 is 17.6 Å². The van der Waals surface area contributed by atoms with Gasteiger partial charge in [0, 0.05) is 22.8 Å². The van der Waals surface area contributed by atoms with Gasteiger partial charge >= 0.3 is 5.97 Å². The monoisotopic (exact) mass is 372 g/mol. The number of carbonyl (C=O) groups is 1. The molecule has 0 aliphatic carbocycles. The van der Waals surface area contributed by atoms with Gasteiger partial charge in [-0.3, -0.25) is 4.79 Å². The van der Waals surface area contributed by atoms with Crippen molar-refractivity contribution in [2.75, 3.05) is 6.61 Å². The Hall–Kier alpha value is -2.58. The van der Waals surface area contributed by atoms with Gasteiger partial charge in [-0.2, -0.15) is 5.26 Å². The van der Waals surface area contributed by atoms with Crippen LogP contribution in [0, 0.1) is 11.3 Å². The van der Waals surface area contributed by atoms with Gasteiger partial charge in [-0.15, -0.1) is 0 Å². The number of halogens is 1. The van der Waals surface area contributed by atoms with E-state index in [1.54, 1.807) is 37.4 Å². The molecule has 0 spiro atoms. The molecule has 0 saturated heterocycles. The maximum Gasteiger partial charge on any atom is 0.329 e. The van der Waals surface area contributed by atoms with E-state index in [9.17, 15) is 14.9 Å². The lowest BCUT2D eigenvalue weighted by Gasteiger charge is -2.18. The standard InChI is InChI=1S/C20H21ClN2O3/c1-3-5-6-18(20(25)26-4-2)23-10-9-14(11-19(23)24)17-12-16(21)8-7-15(17)13-22/h7-12,18H,3-6H2,1-2H3/t18-/m0/s1. The van der Waals surface area contributed by atoms with Gasteiger partial charge in [0.25, 0.3) is 5.56 Å². The first-order valence-electron chi connectivity index (χ1n) is 8.60. The van der Waals surface area contributed by atoms with Gasteiger partial charge in [-0.25, -0.2) is 4.79 Å². The molecule has 1 aromatic heterocycles. The van der Waals surface area contributed by atoms with Crippen molar-refractivity contribution in [3.8, 4) is 17.2 Å². The fourth-order valence-electron chi connectivity index (χ4n) is 2.77. The molecule has 0 radical (unpaired) electrons. The summed E-state index contributed by atoms with van der Waals surface area (Å²) in [7, 11) is 0. The maximum atomic E-state index is 12.7. The number of esters is 1. The van der Waals surface area contributed by atoms with Crippen molar-refractivity contribution in [1.29, 1.82) is 5.26 Å². The van der Waals surface area contributed by atoms with E-state index in [2.05, 4.69) is 6.07 Å². The molecule has 0 aliphatic rings. The molecule has 136 valence electrons. The van der Waals surface area contributed by atoms with Crippen molar-refractivity contribution in [3.05, 3.63) is 57.5 Å². The molecular weight excluding hydrogens is 352 g/mol. The molecule has 6 heteroatoms. The highest BCUT2D eigenvalue weighted by atomic mass is 35.5. The van der Waals surface area contributed by atoms with E-state index in [1.807, 2.05) is 6.92 Å². The largest absolute Gasteiger partial charge is 0.464 e. The summed E-state index contributed by atoms with van der Waals surface area (Å²) in [5, 5.41) is 9.76. The summed E-state index contributed by atoms with van der Waals surface area (Å²) in [6.07, 6.45) is 3.84. The third-order valence-electron chi connectivity index (χ3n) is 4.09. The normalized spacial score (nSPS) is 11.6. The topological polar surface area (TPSA) is 72.1 Å². The highest BCUT2D eigenvalue weighted by Crippen LogP contribution is 2.26. The summed E-state index contributed by atoms with van der Waals surface area (Å²) < 4.78 is 6.52. The van der Waals surface area contributed by atoms with E-state index in [0.717, 1.165) is 12.8 Å². The predicted octanol–water partition coefficient (Wildman–Crippen LogP) is 4.33. The molecule has 0 amide bonds. The number of hydrogen-bond acceptors (Lipinski definition) is 4. The van der Waals surface area contributed by atoms with Gasteiger partial charge in [-0.1, -0.05) is 31.4 Å². The van der Waals surface area contributed by atoms with Gasteiger partial charge in [0.15, 0.2) is 0 Å². The highest BCUT2D eigenvalue weighted by molar-refractivity contribution is 6.30. The minimum absolute atomic E-state index is 0.266. The number of carbonyl (C=O) groups excluding carboxylic acids is 1. The fraction of sp³-hybridized carbons (Fsp3) is 0.350. The molecule has 1 aromatic carbocycles. The molecule has 26 heavy (non-hydrogen) atoms. The molecule has 2 aromatic rings. The van der Waals surface area contributed by atoms with E-state index >= 15 is 0 Å². The first-order chi connectivity index (χ1) is 12.5. The predicted molar refractivity (Wildman–Crippen MR) is 101 cm³/mol. The molecule has 0 aliphatic heterocycles. The molecule has 1 heterocycles. The van der Waals surface area contributed by atoms with Crippen LogP contribution < -0.4 is 5.56 Å². The minimum Gasteiger partial charge on any atom is -0.464 e. The number of rotatable bonds is 7. The zero-order chi connectivity index (χ0) is 19.1. The van der Waals surface area contributed by atoms with Crippen LogP contribution in [0.2, 0.25) is 5.02 Å². The summed E-state index contributed by atoms with van der Waals surface area (Å²) in [5.41, 5.74) is 1.29. The Kier molecular flexibility index (Phi) is 6.99. The van der Waals surface area contributed by atoms with E-state index in [-0.39, 0.29) is 12.2 Å². The number of nitrogens with zero attached hydrogens (tertiary/aromatic N) is 2. The Morgan fingerprint density at radius 1 is 1.31 bits per heavy atom. The van der Waals surface area contributed by atoms with Gasteiger partial charge < -0.3 is 9.30 Å². The maximum absolute atomic E-state index is 12.7. The number of nitriles is 1. The van der Waals surface area contributed by atoms with Crippen LogP contribution in [0.4, 0.5) is 0 Å². The molecule has 0 unspecified atom stereocenters. The van der Waals surface area contributed by atoms with Crippen molar-refractivity contribution in [3.63, 3.8) is 0 Å². The van der Waals surface area contributed by atoms with Crippen LogP contribution in [0.3, 0.4) is 0 Å². The summed E-state index contributed by atoms with van der Waals surface area (Å²) in [6.45, 7) is 4.03. The number of ether oxygens (including phenoxy) is 1. The quantitative estimate of drug-likeness (QED) is 0.678. The first kappa shape index (κ1) is 19.7. The van der Waals surface area contributed by atoms with Crippen LogP contribution in [0.15, 0.2) is 41.3 Å². The fourth-order valence-corrected chi connectivity index (χ4v) is 2.95. The Morgan fingerprint density at radius 2 is 2.08 bits per heavy atom. The molecule has 2 rings (SSSR count). The highest BCUT2D eigenvalue weighted by Gasteiger charge is 2.22. The van der Waals surface area contributed by atoms with Crippen molar-refractivity contribution in [2.24, 2.45) is 0 Å². The average molecular weight is 373 g/mol. The Morgan fingerprint density at radius 3 is 2.69 bits per heavy atom. The second kappa shape index (κ2) is 9.21. The smallest absolute Gasteiger partial charge is 0.329 e. The van der Waals surface area contributed by atoms with Gasteiger partial charge in [-0.05, 0) is 43.2 Å². The molecule has 0 fully saturated rings. The van der Waals surface area contributed by atoms with Crippen molar-refractivity contribution in [2.45, 2.75) is 39.2 Å². The lowest BCUT2D eigenvalue weighted by atomic mass is 10.0. The van der Waals surface area contributed by atoms with E-state index in [0.29, 0.717) is 28.1 Å². The summed E-state index contributed by atoms with van der Waals surface area (Å²) >= 11 is 6.02. The Labute approximate surface area is 157 Å². The third kappa shape index (κ3) is 4.53. The van der Waals surface area contributed by atoms with Crippen LogP contribution in [0.5, 0.6) is 0 Å². The lowest BCUT2D eigenvalue weighted by Crippen LogP contribution is -2.30. The second-order valence-corrected chi connectivity index (χ2v) is 6.31. The van der Waals surface area contributed by atoms with Gasteiger partial charge in [0.05, 0.1) is 18.2 Å². The lowest BCUT2D eigenvalue weighted by molar-refractivity contribution is -0.147. The number of hydrogen-bond donors (Lipinski definition) is 0. The van der Waals surface area contributed by atoms with Crippen LogP contribution in [0.25, 0.3) is 11.1 Å². The van der Waals surface area contributed by atoms with Crippen LogP contribution >= 0.6 is 11.6 Å². The number of benzene rings is 1. The number of pyridine rings is 1. The Balaban J connectivity index is 2.45. The van der Waals surface area contributed by atoms with Gasteiger partial charge in [0.1, 0.15) is 6.04 Å². The molecule has 5 nitrogen and oxygen atoms in total. The SMILES string of the molecule is CCCC[C@@H](C(=O)OCC)n1ccc(-c2cc(Cl)ccc2C#N)cc1=O. The van der Waals surface area contributed by atoms with Crippen LogP contribution in [-0.4, -0.2) is 17.1 Å². The zero-order valence-corrected chi connectivity index (χ0v) is 15.6. The minimum atomic E-state index is -0.647. The van der Waals surface area contributed by atoms with E-state index < -0.39 is 12.0 Å². The third-order valence-corrected chi connectivity index (χ3v) is 4.32. The molecule has 0 N–H and O–H groups in total. The van der Waals surface area contributed by atoms with Crippen LogP contribution in [-0.2, 0) is 9.53 Å². The zero-order valence-electron chi connectivity index (χ0n) is 14.9. The van der Waals surface area contributed by atoms with Crippen LogP contribution in [0.1, 0.15) is 44.7 Å². The van der Waals surface area contributed by atoms with E-state index in [4.69, 9.17) is 16.3 Å². The first-order valence-corrected chi connectivity index (χ1v) is 8.98. The average Bonchev–Trinajstić information content (AvgIpc) is 2.63. The summed E-state index contributed by atoms with van der Waals surface area (Å²) in [5.74, 6) is -0.406. The Bertz CT molecular complexity index is 883. The summed E-state index contributed by atoms with van der Waals surface area (Å²) in [6, 6.07) is 9.49. The summed E-state index contributed by atoms with van der Waals surface area (Å²) in [4.78, 5) is 24.9. The van der Waals surface area contributed by atoms with Gasteiger partial charge in [0.2, 0.25) is 0 Å². The van der Waals surface area contributed by atoms with E-state index in [1.165, 1.54) is 10.6 Å². The second-order valence-electron chi connectivity index (χ2n) is 5.87. The molecule has 1 atom stereocenters. The number of aromatic nitrogens is 1. The molecule has 0 saturated carbocycles.